The molecular weight excluding hydrogens is 238 g/mol. The van der Waals surface area contributed by atoms with Crippen LogP contribution in [0.5, 0.6) is 0 Å². The Morgan fingerprint density at radius 2 is 1.89 bits per heavy atom. The van der Waals surface area contributed by atoms with Crippen LogP contribution in [0.25, 0.3) is 11.2 Å². The maximum Gasteiger partial charge on any atom is 0.332 e. The largest absolute Gasteiger partial charge is 0.366 e. The molecule has 0 aromatic carbocycles. The number of rotatable bonds is 2. The zero-order valence-electron chi connectivity index (χ0n) is 10.3. The third-order valence-corrected chi connectivity index (χ3v) is 2.65. The Bertz CT molecular complexity index is 783. The molecule has 0 atom stereocenters. The fourth-order valence-corrected chi connectivity index (χ4v) is 1.69. The molecule has 0 amide bonds. The van der Waals surface area contributed by atoms with Crippen LogP contribution in [0, 0.1) is 0 Å². The van der Waals surface area contributed by atoms with Crippen molar-refractivity contribution in [3.8, 4) is 0 Å². The van der Waals surface area contributed by atoms with Crippen LogP contribution in [0.15, 0.2) is 14.4 Å². The molecule has 18 heavy (non-hydrogen) atoms. The molecule has 8 nitrogen and oxygen atoms in total. The molecule has 8 heteroatoms. The van der Waals surface area contributed by atoms with E-state index in [9.17, 15) is 14.4 Å². The smallest absolute Gasteiger partial charge is 0.332 e. The first-order chi connectivity index (χ1) is 8.47. The average molecular weight is 251 g/mol. The Balaban J connectivity index is 2.99. The predicted octanol–water partition coefficient (Wildman–Crippen LogP) is -1.25. The van der Waals surface area contributed by atoms with Gasteiger partial charge in [0.25, 0.3) is 11.1 Å². The van der Waals surface area contributed by atoms with E-state index in [0.29, 0.717) is 6.54 Å². The van der Waals surface area contributed by atoms with E-state index in [0.717, 1.165) is 4.57 Å². The molecule has 0 aliphatic rings. The maximum absolute atomic E-state index is 11.8. The van der Waals surface area contributed by atoms with Crippen molar-refractivity contribution in [1.82, 2.24) is 19.1 Å². The van der Waals surface area contributed by atoms with Crippen molar-refractivity contribution >= 4 is 17.0 Å². The number of nitrogens with zero attached hydrogens (tertiary/aromatic N) is 3. The first kappa shape index (κ1) is 12.1. The van der Waals surface area contributed by atoms with Crippen LogP contribution in [-0.2, 0) is 14.1 Å². The van der Waals surface area contributed by atoms with Gasteiger partial charge in [0.15, 0.2) is 17.0 Å². The first-order valence-corrected chi connectivity index (χ1v) is 5.41. The van der Waals surface area contributed by atoms with Crippen molar-refractivity contribution in [2.45, 2.75) is 6.92 Å². The number of fused-ring (bicyclic) bond motifs is 1. The van der Waals surface area contributed by atoms with E-state index < -0.39 is 16.8 Å². The lowest BCUT2D eigenvalue weighted by atomic mass is 10.4. The van der Waals surface area contributed by atoms with Crippen LogP contribution in [0.2, 0.25) is 0 Å². The van der Waals surface area contributed by atoms with Crippen LogP contribution in [-0.4, -0.2) is 25.6 Å². The minimum absolute atomic E-state index is 0.0197. The summed E-state index contributed by atoms with van der Waals surface area (Å²) < 4.78 is 2.14. The van der Waals surface area contributed by atoms with Crippen LogP contribution < -0.4 is 22.1 Å². The van der Waals surface area contributed by atoms with Crippen molar-refractivity contribution in [3.05, 3.63) is 31.2 Å². The maximum atomic E-state index is 11.8. The van der Waals surface area contributed by atoms with E-state index >= 15 is 0 Å². The summed E-state index contributed by atoms with van der Waals surface area (Å²) in [4.78, 5) is 41.7. The monoisotopic (exact) mass is 251 g/mol. The number of hydrogen-bond donors (Lipinski definition) is 2. The average Bonchev–Trinajstić information content (AvgIpc) is 2.36. The summed E-state index contributed by atoms with van der Waals surface area (Å²) in [6.07, 6.45) is 0. The molecule has 0 spiro atoms. The fraction of sp³-hybridized carbons (Fsp3) is 0.400. The van der Waals surface area contributed by atoms with Crippen LogP contribution in [0.4, 0.5) is 5.82 Å². The van der Waals surface area contributed by atoms with E-state index in [4.69, 9.17) is 0 Å². The molecule has 2 rings (SSSR count). The highest BCUT2D eigenvalue weighted by molar-refractivity contribution is 5.70. The third kappa shape index (κ3) is 1.62. The van der Waals surface area contributed by atoms with Crippen LogP contribution >= 0.6 is 0 Å². The molecule has 0 bridgehead atoms. The summed E-state index contributed by atoms with van der Waals surface area (Å²) >= 11 is 0. The van der Waals surface area contributed by atoms with Gasteiger partial charge >= 0.3 is 5.69 Å². The van der Waals surface area contributed by atoms with Crippen LogP contribution in [0.3, 0.4) is 0 Å². The van der Waals surface area contributed by atoms with Crippen molar-refractivity contribution < 1.29 is 0 Å². The van der Waals surface area contributed by atoms with Gasteiger partial charge in [-0.05, 0) is 6.92 Å². The SMILES string of the molecule is CCNc1nc2c([nH]c1=O)c(=O)n(C)c(=O)n2C. The van der Waals surface area contributed by atoms with Gasteiger partial charge in [0.05, 0.1) is 0 Å². The topological polar surface area (TPSA) is 102 Å². The van der Waals surface area contributed by atoms with Gasteiger partial charge in [-0.3, -0.25) is 18.7 Å². The van der Waals surface area contributed by atoms with Gasteiger partial charge in [0.2, 0.25) is 0 Å². The number of aromatic amines is 1. The third-order valence-electron chi connectivity index (χ3n) is 2.65. The molecule has 0 saturated heterocycles. The number of hydrogen-bond acceptors (Lipinski definition) is 5. The summed E-state index contributed by atoms with van der Waals surface area (Å²) in [5, 5.41) is 2.77. The molecule has 0 aliphatic carbocycles. The Morgan fingerprint density at radius 1 is 1.22 bits per heavy atom. The van der Waals surface area contributed by atoms with Gasteiger partial charge in [0, 0.05) is 20.6 Å². The molecule has 0 radical (unpaired) electrons. The van der Waals surface area contributed by atoms with E-state index in [2.05, 4.69) is 15.3 Å². The molecular formula is C10H13N5O3. The highest BCUT2D eigenvalue weighted by Gasteiger charge is 2.12. The fourth-order valence-electron chi connectivity index (χ4n) is 1.69. The Kier molecular flexibility index (Phi) is 2.77. The van der Waals surface area contributed by atoms with Gasteiger partial charge in [-0.1, -0.05) is 0 Å². The molecule has 2 aromatic rings. The molecule has 0 unspecified atom stereocenters. The predicted molar refractivity (Wildman–Crippen MR) is 67.0 cm³/mol. The van der Waals surface area contributed by atoms with Gasteiger partial charge in [0.1, 0.15) is 0 Å². The summed E-state index contributed by atoms with van der Waals surface area (Å²) in [6.45, 7) is 2.33. The summed E-state index contributed by atoms with van der Waals surface area (Å²) in [5.74, 6) is 0.0910. The van der Waals surface area contributed by atoms with E-state index in [1.807, 2.05) is 6.92 Å². The van der Waals surface area contributed by atoms with Crippen molar-refractivity contribution in [1.29, 1.82) is 0 Å². The minimum Gasteiger partial charge on any atom is -0.366 e. The lowest BCUT2D eigenvalue weighted by molar-refractivity contribution is 0.703. The second-order valence-corrected chi connectivity index (χ2v) is 3.85. The Hall–Kier alpha value is -2.38. The van der Waals surface area contributed by atoms with Crippen molar-refractivity contribution in [2.24, 2.45) is 14.1 Å². The van der Waals surface area contributed by atoms with Gasteiger partial charge < -0.3 is 10.3 Å². The summed E-state index contributed by atoms with van der Waals surface area (Å²) in [6, 6.07) is 0. The molecule has 0 aliphatic heterocycles. The molecule has 2 N–H and O–H groups in total. The first-order valence-electron chi connectivity index (χ1n) is 5.41. The van der Waals surface area contributed by atoms with E-state index in [1.165, 1.54) is 18.7 Å². The zero-order chi connectivity index (χ0) is 13.4. The number of nitrogens with one attached hydrogen (secondary N) is 2. The number of aromatic nitrogens is 4. The lowest BCUT2D eigenvalue weighted by Gasteiger charge is -2.08. The van der Waals surface area contributed by atoms with Crippen molar-refractivity contribution in [2.75, 3.05) is 11.9 Å². The molecule has 96 valence electrons. The standard InChI is InChI=1S/C10H13N5O3/c1-4-11-6-8(16)12-5-7(13-6)14(2)10(18)15(3)9(5)17/h4H2,1-3H3,(H,11,13)(H,12,16). The Labute approximate surface area is 101 Å². The summed E-state index contributed by atoms with van der Waals surface area (Å²) in [5.41, 5.74) is -1.37. The second-order valence-electron chi connectivity index (χ2n) is 3.85. The second kappa shape index (κ2) is 4.13. The van der Waals surface area contributed by atoms with Crippen molar-refractivity contribution in [3.63, 3.8) is 0 Å². The Morgan fingerprint density at radius 3 is 2.50 bits per heavy atom. The number of aryl methyl sites for hydroxylation is 1. The zero-order valence-corrected chi connectivity index (χ0v) is 10.3. The molecule has 2 heterocycles. The van der Waals surface area contributed by atoms with Crippen LogP contribution in [0.1, 0.15) is 6.92 Å². The molecule has 0 fully saturated rings. The highest BCUT2D eigenvalue weighted by Crippen LogP contribution is 2.01. The quantitative estimate of drug-likeness (QED) is 0.694. The lowest BCUT2D eigenvalue weighted by Crippen LogP contribution is -2.38. The number of anilines is 1. The normalized spacial score (nSPS) is 10.8. The minimum atomic E-state index is -0.569. The van der Waals surface area contributed by atoms with E-state index in [-0.39, 0.29) is 17.0 Å². The molecule has 2 aromatic heterocycles. The summed E-state index contributed by atoms with van der Waals surface area (Å²) in [7, 11) is 2.84. The highest BCUT2D eigenvalue weighted by atomic mass is 16.2. The number of H-pyrrole nitrogens is 1. The van der Waals surface area contributed by atoms with Gasteiger partial charge in [-0.2, -0.15) is 0 Å². The van der Waals surface area contributed by atoms with Gasteiger partial charge in [-0.15, -0.1) is 0 Å². The van der Waals surface area contributed by atoms with Gasteiger partial charge in [-0.25, -0.2) is 9.78 Å². The molecule has 0 saturated carbocycles. The van der Waals surface area contributed by atoms with E-state index in [1.54, 1.807) is 0 Å².